The van der Waals surface area contributed by atoms with Gasteiger partial charge in [0.2, 0.25) is 5.88 Å². The molecule has 3 aliphatic rings. The lowest BCUT2D eigenvalue weighted by molar-refractivity contribution is -0.0516. The molecule has 4 aromatic rings. The quantitative estimate of drug-likeness (QED) is 0.181. The second-order valence-electron chi connectivity index (χ2n) is 12.8. The maximum Gasteiger partial charge on any atom is 0.388 e. The molecule has 2 aliphatic heterocycles. The van der Waals surface area contributed by atoms with Gasteiger partial charge in [0.05, 0.1) is 18.8 Å². The third kappa shape index (κ3) is 5.71. The van der Waals surface area contributed by atoms with Gasteiger partial charge in [-0.3, -0.25) is 0 Å². The number of aromatic hydroxyl groups is 1. The number of hydrogen-bond acceptors (Lipinski definition) is 9. The summed E-state index contributed by atoms with van der Waals surface area (Å²) in [5.74, 6) is -0.329. The Morgan fingerprint density at radius 1 is 1.06 bits per heavy atom. The van der Waals surface area contributed by atoms with E-state index in [2.05, 4.69) is 32.8 Å². The van der Waals surface area contributed by atoms with Crippen molar-refractivity contribution in [2.75, 3.05) is 51.4 Å². The van der Waals surface area contributed by atoms with Gasteiger partial charge in [0, 0.05) is 42.1 Å². The van der Waals surface area contributed by atoms with Gasteiger partial charge in [-0.1, -0.05) is 18.4 Å². The molecule has 0 radical (unpaired) electrons. The highest BCUT2D eigenvalue weighted by Gasteiger charge is 2.47. The first-order valence-electron chi connectivity index (χ1n) is 16.1. The topological polar surface area (TPSA) is 93.1 Å². The normalized spacial score (nSPS) is 21.8. The number of alkyl halides is 2. The summed E-state index contributed by atoms with van der Waals surface area (Å²) < 4.78 is 76.8. The summed E-state index contributed by atoms with van der Waals surface area (Å²) in [6.07, 6.45) is 11.3. The number of fused-ring (bicyclic) bond motifs is 3. The monoisotopic (exact) mass is 665 g/mol. The number of aromatic nitrogens is 3. The van der Waals surface area contributed by atoms with E-state index in [0.717, 1.165) is 50.8 Å². The summed E-state index contributed by atoms with van der Waals surface area (Å²) in [7, 11) is 2.12. The lowest BCUT2D eigenvalue weighted by Gasteiger charge is -2.44. The van der Waals surface area contributed by atoms with E-state index in [1.807, 2.05) is 0 Å². The Morgan fingerprint density at radius 2 is 1.90 bits per heavy atom. The maximum atomic E-state index is 17.0. The van der Waals surface area contributed by atoms with Crippen LogP contribution in [0.3, 0.4) is 0 Å². The molecule has 4 heterocycles. The number of anilines is 1. The Kier molecular flexibility index (Phi) is 8.64. The van der Waals surface area contributed by atoms with Gasteiger partial charge in [-0.05, 0) is 69.3 Å². The van der Waals surface area contributed by atoms with Crippen molar-refractivity contribution in [3.05, 3.63) is 41.5 Å². The molecule has 1 N–H and O–H groups in total. The van der Waals surface area contributed by atoms with Crippen LogP contribution < -0.4 is 14.4 Å². The van der Waals surface area contributed by atoms with Crippen LogP contribution in [0.2, 0.25) is 0 Å². The van der Waals surface area contributed by atoms with Gasteiger partial charge in [-0.25, -0.2) is 13.8 Å². The Balaban J connectivity index is 1.45. The summed E-state index contributed by atoms with van der Waals surface area (Å²) in [6, 6.07) is 5.19. The van der Waals surface area contributed by atoms with Crippen LogP contribution in [0.25, 0.3) is 32.9 Å². The molecule has 9 nitrogen and oxygen atoms in total. The van der Waals surface area contributed by atoms with Crippen LogP contribution in [0.5, 0.6) is 17.6 Å². The number of likely N-dealkylation sites (tertiary alicyclic amines) is 1. The fourth-order valence-electron chi connectivity index (χ4n) is 7.84. The first kappa shape index (κ1) is 32.2. The van der Waals surface area contributed by atoms with Crippen molar-refractivity contribution < 1.29 is 36.9 Å². The van der Waals surface area contributed by atoms with Crippen molar-refractivity contribution in [3.8, 4) is 41.2 Å². The number of rotatable bonds is 7. The molecule has 1 saturated carbocycles. The van der Waals surface area contributed by atoms with Crippen LogP contribution in [0.1, 0.15) is 44.1 Å². The Labute approximate surface area is 274 Å². The molecule has 2 atom stereocenters. The molecule has 0 amide bonds. The smallest absolute Gasteiger partial charge is 0.388 e. The van der Waals surface area contributed by atoms with Crippen LogP contribution in [0.15, 0.2) is 24.3 Å². The van der Waals surface area contributed by atoms with Gasteiger partial charge < -0.3 is 29.1 Å². The predicted molar refractivity (Wildman–Crippen MR) is 172 cm³/mol. The molecule has 2 aromatic carbocycles. The molecule has 2 saturated heterocycles. The lowest BCUT2D eigenvalue weighted by Crippen LogP contribution is -2.50. The summed E-state index contributed by atoms with van der Waals surface area (Å²) in [5.41, 5.74) is -1.35. The number of phenolic OH excluding ortho intramolecular Hbond substituents is 1. The SMILES string of the molecule is C#Cc1c(F)ccc2cc(O)cc(-c3nc(OC(F)F)c4c(N5CCCOCC5)nc(OC[C@]56CCC[C@H]5N(C)CCC6)nc4c3F)c12. The van der Waals surface area contributed by atoms with E-state index in [9.17, 15) is 18.3 Å². The van der Waals surface area contributed by atoms with Crippen molar-refractivity contribution in [2.45, 2.75) is 51.2 Å². The molecule has 7 rings (SSSR count). The molecule has 0 bridgehead atoms. The summed E-state index contributed by atoms with van der Waals surface area (Å²) in [6.45, 7) is -0.453. The van der Waals surface area contributed by atoms with E-state index in [1.54, 1.807) is 4.90 Å². The van der Waals surface area contributed by atoms with Crippen molar-refractivity contribution in [1.82, 2.24) is 19.9 Å². The van der Waals surface area contributed by atoms with Gasteiger partial charge in [0.25, 0.3) is 0 Å². The molecule has 0 spiro atoms. The molecular formula is C35H35F4N5O4. The van der Waals surface area contributed by atoms with Gasteiger partial charge in [-0.15, -0.1) is 6.42 Å². The number of piperidine rings is 1. The van der Waals surface area contributed by atoms with Crippen molar-refractivity contribution >= 4 is 27.5 Å². The summed E-state index contributed by atoms with van der Waals surface area (Å²) in [4.78, 5) is 17.5. The van der Waals surface area contributed by atoms with Gasteiger partial charge in [-0.2, -0.15) is 18.7 Å². The van der Waals surface area contributed by atoms with E-state index < -0.39 is 29.8 Å². The second kappa shape index (κ2) is 12.9. The number of hydrogen-bond donors (Lipinski definition) is 1. The van der Waals surface area contributed by atoms with E-state index >= 15 is 4.39 Å². The highest BCUT2D eigenvalue weighted by atomic mass is 19.3. The van der Waals surface area contributed by atoms with Crippen LogP contribution in [0, 0.1) is 29.4 Å². The fourth-order valence-corrected chi connectivity index (χ4v) is 7.84. The predicted octanol–water partition coefficient (Wildman–Crippen LogP) is 6.28. The van der Waals surface area contributed by atoms with E-state index in [4.69, 9.17) is 20.6 Å². The maximum absolute atomic E-state index is 17.0. The van der Waals surface area contributed by atoms with E-state index in [0.29, 0.717) is 45.4 Å². The number of ether oxygens (including phenoxy) is 3. The summed E-state index contributed by atoms with van der Waals surface area (Å²) >= 11 is 0. The zero-order chi connectivity index (χ0) is 33.6. The highest BCUT2D eigenvalue weighted by Crippen LogP contribution is 2.48. The van der Waals surface area contributed by atoms with Gasteiger partial charge >= 0.3 is 12.6 Å². The largest absolute Gasteiger partial charge is 0.508 e. The number of terminal acetylenes is 1. The molecule has 48 heavy (non-hydrogen) atoms. The average molecular weight is 666 g/mol. The third-order valence-electron chi connectivity index (χ3n) is 9.95. The van der Waals surface area contributed by atoms with Crippen molar-refractivity contribution in [3.63, 3.8) is 0 Å². The fraction of sp³-hybridized carbons (Fsp3) is 0.457. The van der Waals surface area contributed by atoms with Crippen LogP contribution >= 0.6 is 0 Å². The standard InChI is InChI=1S/C35H35F4N5O4/c1-3-22-24(36)9-8-20-17-21(45)18-23(26(20)22)29-28(37)30-27(32(40-29)48-33(38)39)31(44-13-6-15-46-16-14-44)42-34(41-30)47-19-35-10-4-7-25(35)43(2)12-5-11-35/h1,8-9,17-18,25,33,45H,4-7,10-16,19H2,2H3/t25-,35-/m1/s1. The van der Waals surface area contributed by atoms with E-state index in [1.165, 1.54) is 12.1 Å². The molecule has 0 unspecified atom stereocenters. The number of halogens is 4. The minimum absolute atomic E-state index is 0.0623. The molecular weight excluding hydrogens is 630 g/mol. The first-order chi connectivity index (χ1) is 23.2. The van der Waals surface area contributed by atoms with E-state index in [-0.39, 0.29) is 55.8 Å². The second-order valence-corrected chi connectivity index (χ2v) is 12.8. The lowest BCUT2D eigenvalue weighted by atomic mass is 9.76. The molecule has 3 fully saturated rings. The molecule has 1 aliphatic carbocycles. The average Bonchev–Trinajstić information content (AvgIpc) is 3.32. The molecule has 252 valence electrons. The Morgan fingerprint density at radius 3 is 2.71 bits per heavy atom. The van der Waals surface area contributed by atoms with Gasteiger partial charge in [0.15, 0.2) is 5.82 Å². The van der Waals surface area contributed by atoms with Crippen LogP contribution in [-0.2, 0) is 4.74 Å². The Bertz CT molecular complexity index is 1910. The van der Waals surface area contributed by atoms with Crippen LogP contribution in [0.4, 0.5) is 23.4 Å². The van der Waals surface area contributed by atoms with Crippen molar-refractivity contribution in [2.24, 2.45) is 5.41 Å². The van der Waals surface area contributed by atoms with Crippen LogP contribution in [-0.4, -0.2) is 84.1 Å². The summed E-state index contributed by atoms with van der Waals surface area (Å²) in [5, 5.41) is 10.8. The van der Waals surface area contributed by atoms with Crippen molar-refractivity contribution in [1.29, 1.82) is 0 Å². The zero-order valence-corrected chi connectivity index (χ0v) is 26.4. The minimum Gasteiger partial charge on any atom is -0.508 e. The molecule has 13 heteroatoms. The number of pyridine rings is 1. The number of phenols is 1. The highest BCUT2D eigenvalue weighted by molar-refractivity contribution is 6.04. The minimum atomic E-state index is -3.34. The third-order valence-corrected chi connectivity index (χ3v) is 9.95. The Hall–Kier alpha value is -4.41. The number of nitrogens with zero attached hydrogens (tertiary/aromatic N) is 5. The zero-order valence-electron chi connectivity index (χ0n) is 26.4. The first-order valence-corrected chi connectivity index (χ1v) is 16.1. The molecule has 2 aromatic heterocycles. The number of benzene rings is 2. The van der Waals surface area contributed by atoms with Gasteiger partial charge in [0.1, 0.15) is 34.0 Å².